The molecule has 0 aliphatic carbocycles. The van der Waals surface area contributed by atoms with Gasteiger partial charge in [0.25, 0.3) is 0 Å². The number of methoxy groups -OCH3 is 2. The third-order valence-corrected chi connectivity index (χ3v) is 2.80. The summed E-state index contributed by atoms with van der Waals surface area (Å²) in [6.07, 6.45) is 3.30. The highest BCUT2D eigenvalue weighted by Crippen LogP contribution is 2.36. The molecule has 0 unspecified atom stereocenters. The Morgan fingerprint density at radius 2 is 1.68 bits per heavy atom. The normalized spacial score (nSPS) is 10.3. The highest BCUT2D eigenvalue weighted by molar-refractivity contribution is 5.51. The highest BCUT2D eigenvalue weighted by Gasteiger charge is 2.10. The molecule has 0 bridgehead atoms. The van der Waals surface area contributed by atoms with E-state index in [2.05, 4.69) is 12.2 Å². The van der Waals surface area contributed by atoms with Crippen molar-refractivity contribution in [2.24, 2.45) is 0 Å². The van der Waals surface area contributed by atoms with Gasteiger partial charge >= 0.3 is 0 Å². The van der Waals surface area contributed by atoms with Gasteiger partial charge in [0, 0.05) is 0 Å². The van der Waals surface area contributed by atoms with Crippen LogP contribution in [0.3, 0.4) is 0 Å². The minimum Gasteiger partial charge on any atom is -0.493 e. The number of hydrogen-bond donors (Lipinski definition) is 1. The fourth-order valence-corrected chi connectivity index (χ4v) is 1.79. The van der Waals surface area contributed by atoms with Gasteiger partial charge in [-0.05, 0) is 44.5 Å². The van der Waals surface area contributed by atoms with E-state index in [4.69, 9.17) is 14.2 Å². The predicted molar refractivity (Wildman–Crippen MR) is 77.4 cm³/mol. The van der Waals surface area contributed by atoms with Gasteiger partial charge in [-0.3, -0.25) is 0 Å². The Bertz CT molecular complexity index is 333. The number of nitrogens with one attached hydrogen (secondary N) is 1. The maximum absolute atomic E-state index is 5.78. The average Bonchev–Trinajstić information content (AvgIpc) is 2.46. The number of ether oxygens (including phenoxy) is 3. The lowest BCUT2D eigenvalue weighted by atomic mass is 10.3. The molecule has 0 radical (unpaired) electrons. The lowest BCUT2D eigenvalue weighted by molar-refractivity contribution is 0.268. The molecule has 1 rings (SSSR count). The zero-order chi connectivity index (χ0) is 13.9. The molecule has 0 heterocycles. The van der Waals surface area contributed by atoms with Crippen molar-refractivity contribution in [2.45, 2.75) is 26.2 Å². The van der Waals surface area contributed by atoms with Crippen molar-refractivity contribution in [3.05, 3.63) is 18.2 Å². The Morgan fingerprint density at radius 3 is 2.26 bits per heavy atom. The lowest BCUT2D eigenvalue weighted by Gasteiger charge is -2.14. The first-order chi connectivity index (χ1) is 9.33. The van der Waals surface area contributed by atoms with Gasteiger partial charge in [0.2, 0.25) is 5.75 Å². The molecule has 0 aliphatic heterocycles. The maximum atomic E-state index is 5.78. The van der Waals surface area contributed by atoms with Crippen LogP contribution in [0, 0.1) is 0 Å². The van der Waals surface area contributed by atoms with Crippen molar-refractivity contribution in [3.8, 4) is 17.2 Å². The van der Waals surface area contributed by atoms with Crippen molar-refractivity contribution in [2.75, 3.05) is 33.9 Å². The zero-order valence-corrected chi connectivity index (χ0v) is 12.2. The minimum absolute atomic E-state index is 0.671. The smallest absolute Gasteiger partial charge is 0.203 e. The molecule has 19 heavy (non-hydrogen) atoms. The first-order valence-corrected chi connectivity index (χ1v) is 6.88. The number of hydrogen-bond acceptors (Lipinski definition) is 4. The Balaban J connectivity index is 2.35. The van der Waals surface area contributed by atoms with Crippen LogP contribution in [0.1, 0.15) is 26.2 Å². The average molecular weight is 267 g/mol. The van der Waals surface area contributed by atoms with Crippen LogP contribution in [0.25, 0.3) is 0 Å². The first-order valence-electron chi connectivity index (χ1n) is 6.88. The fraction of sp³-hybridized carbons (Fsp3) is 0.600. The topological polar surface area (TPSA) is 39.7 Å². The van der Waals surface area contributed by atoms with E-state index in [1.54, 1.807) is 14.2 Å². The largest absolute Gasteiger partial charge is 0.493 e. The van der Waals surface area contributed by atoms with Gasteiger partial charge in [-0.15, -0.1) is 0 Å². The summed E-state index contributed by atoms with van der Waals surface area (Å²) < 4.78 is 16.3. The summed E-state index contributed by atoms with van der Waals surface area (Å²) in [4.78, 5) is 0. The van der Waals surface area contributed by atoms with Crippen molar-refractivity contribution in [3.63, 3.8) is 0 Å². The van der Waals surface area contributed by atoms with Crippen LogP contribution < -0.4 is 19.5 Å². The molecule has 108 valence electrons. The molecule has 0 atom stereocenters. The summed E-state index contributed by atoms with van der Waals surface area (Å²) in [7, 11) is 3.27. The van der Waals surface area contributed by atoms with Crippen molar-refractivity contribution >= 4 is 0 Å². The Morgan fingerprint density at radius 1 is 1.00 bits per heavy atom. The van der Waals surface area contributed by atoms with Crippen LogP contribution in [-0.4, -0.2) is 33.9 Å². The molecule has 4 heteroatoms. The molecule has 0 aliphatic rings. The molecule has 1 aromatic rings. The van der Waals surface area contributed by atoms with E-state index in [1.165, 1.54) is 6.42 Å². The molecule has 1 N–H and O–H groups in total. The molecule has 4 nitrogen and oxygen atoms in total. The summed E-state index contributed by atoms with van der Waals surface area (Å²) in [6.45, 7) is 4.97. The number of para-hydroxylation sites is 1. The van der Waals surface area contributed by atoms with Gasteiger partial charge in [-0.25, -0.2) is 0 Å². The van der Waals surface area contributed by atoms with Gasteiger partial charge in [-0.1, -0.05) is 13.0 Å². The van der Waals surface area contributed by atoms with Crippen LogP contribution in [0.4, 0.5) is 0 Å². The molecule has 0 aromatic heterocycles. The quantitative estimate of drug-likeness (QED) is 0.662. The van der Waals surface area contributed by atoms with Crippen LogP contribution >= 0.6 is 0 Å². The first kappa shape index (κ1) is 15.6. The van der Waals surface area contributed by atoms with E-state index in [0.29, 0.717) is 23.9 Å². The van der Waals surface area contributed by atoms with Crippen LogP contribution in [0.2, 0.25) is 0 Å². The molecule has 0 spiro atoms. The van der Waals surface area contributed by atoms with Crippen LogP contribution in [0.15, 0.2) is 18.2 Å². The Kier molecular flexibility index (Phi) is 7.82. The number of rotatable bonds is 10. The summed E-state index contributed by atoms with van der Waals surface area (Å²) in [5, 5.41) is 3.37. The van der Waals surface area contributed by atoms with Crippen molar-refractivity contribution in [1.29, 1.82) is 0 Å². The molecular weight excluding hydrogens is 242 g/mol. The molecule has 1 aromatic carbocycles. The van der Waals surface area contributed by atoms with E-state index >= 15 is 0 Å². The molecule has 0 fully saturated rings. The van der Waals surface area contributed by atoms with Gasteiger partial charge < -0.3 is 19.5 Å². The number of unbranched alkanes of at least 4 members (excludes halogenated alkanes) is 1. The third-order valence-electron chi connectivity index (χ3n) is 2.80. The summed E-state index contributed by atoms with van der Waals surface area (Å²) in [5.74, 6) is 2.11. The van der Waals surface area contributed by atoms with E-state index in [9.17, 15) is 0 Å². The summed E-state index contributed by atoms with van der Waals surface area (Å²) in [5.41, 5.74) is 0. The molecule has 0 saturated carbocycles. The van der Waals surface area contributed by atoms with Gasteiger partial charge in [0.05, 0.1) is 20.8 Å². The fourth-order valence-electron chi connectivity index (χ4n) is 1.79. The standard InChI is InChI=1S/C15H25NO3/c1-4-10-16-11-5-6-12-19-15-13(17-2)8-7-9-14(15)18-3/h7-9,16H,4-6,10-12H2,1-3H3. The van der Waals surface area contributed by atoms with Crippen molar-refractivity contribution in [1.82, 2.24) is 5.32 Å². The van der Waals surface area contributed by atoms with Gasteiger partial charge in [-0.2, -0.15) is 0 Å². The highest BCUT2D eigenvalue weighted by atomic mass is 16.5. The van der Waals surface area contributed by atoms with E-state index in [1.807, 2.05) is 18.2 Å². The van der Waals surface area contributed by atoms with Crippen molar-refractivity contribution < 1.29 is 14.2 Å². The minimum atomic E-state index is 0.671. The predicted octanol–water partition coefficient (Wildman–Crippen LogP) is 2.86. The monoisotopic (exact) mass is 267 g/mol. The molecule has 0 saturated heterocycles. The Hall–Kier alpha value is -1.42. The SMILES string of the molecule is CCCNCCCCOc1c(OC)cccc1OC. The lowest BCUT2D eigenvalue weighted by Crippen LogP contribution is -2.16. The van der Waals surface area contributed by atoms with Crippen LogP contribution in [-0.2, 0) is 0 Å². The van der Waals surface area contributed by atoms with E-state index < -0.39 is 0 Å². The number of benzene rings is 1. The molecule has 0 amide bonds. The zero-order valence-electron chi connectivity index (χ0n) is 12.2. The summed E-state index contributed by atoms with van der Waals surface area (Å²) >= 11 is 0. The maximum Gasteiger partial charge on any atom is 0.203 e. The second-order valence-corrected chi connectivity index (χ2v) is 4.30. The Labute approximate surface area is 116 Å². The van der Waals surface area contributed by atoms with E-state index in [-0.39, 0.29) is 0 Å². The van der Waals surface area contributed by atoms with Gasteiger partial charge in [0.1, 0.15) is 0 Å². The van der Waals surface area contributed by atoms with Crippen LogP contribution in [0.5, 0.6) is 17.2 Å². The van der Waals surface area contributed by atoms with Gasteiger partial charge in [0.15, 0.2) is 11.5 Å². The van der Waals surface area contributed by atoms with E-state index in [0.717, 1.165) is 25.9 Å². The third kappa shape index (κ3) is 5.39. The summed E-state index contributed by atoms with van der Waals surface area (Å²) in [6, 6.07) is 5.64. The second kappa shape index (κ2) is 9.50. The molecular formula is C15H25NO3. The second-order valence-electron chi connectivity index (χ2n) is 4.30.